The van der Waals surface area contributed by atoms with Crippen LogP contribution in [0.4, 0.5) is 5.82 Å². The first-order chi connectivity index (χ1) is 9.13. The molecule has 3 unspecified atom stereocenters. The molecule has 0 amide bonds. The highest BCUT2D eigenvalue weighted by Crippen LogP contribution is 2.48. The molecule has 5 nitrogen and oxygen atoms in total. The molecule has 0 saturated heterocycles. The lowest BCUT2D eigenvalue weighted by Gasteiger charge is -2.27. The molecule has 1 aromatic heterocycles. The molecule has 2 fully saturated rings. The van der Waals surface area contributed by atoms with Gasteiger partial charge in [-0.2, -0.15) is 0 Å². The highest BCUT2D eigenvalue weighted by atomic mass is 16.4. The molecule has 1 heterocycles. The van der Waals surface area contributed by atoms with Gasteiger partial charge in [-0.05, 0) is 49.1 Å². The van der Waals surface area contributed by atoms with Crippen LogP contribution < -0.4 is 4.90 Å². The molecule has 0 radical (unpaired) electrons. The second kappa shape index (κ2) is 4.79. The molecule has 2 saturated carbocycles. The van der Waals surface area contributed by atoms with Crippen LogP contribution in [-0.4, -0.2) is 34.9 Å². The number of carbonyl (C=O) groups is 1. The van der Waals surface area contributed by atoms with Crippen molar-refractivity contribution in [2.75, 3.05) is 18.5 Å². The van der Waals surface area contributed by atoms with Crippen LogP contribution >= 0.6 is 0 Å². The number of aromatic carboxylic acids is 1. The van der Waals surface area contributed by atoms with Gasteiger partial charge in [-0.15, -0.1) is 10.2 Å². The van der Waals surface area contributed by atoms with Crippen molar-refractivity contribution >= 4 is 11.8 Å². The number of carboxylic acid groups (broad SMARTS) is 1. The van der Waals surface area contributed by atoms with Crippen molar-refractivity contribution < 1.29 is 9.90 Å². The third kappa shape index (κ3) is 2.41. The number of hydrogen-bond acceptors (Lipinski definition) is 4. The Balaban J connectivity index is 1.63. The molecule has 0 spiro atoms. The first kappa shape index (κ1) is 12.4. The quantitative estimate of drug-likeness (QED) is 0.898. The molecule has 19 heavy (non-hydrogen) atoms. The predicted octanol–water partition coefficient (Wildman–Crippen LogP) is 2.05. The first-order valence-corrected chi connectivity index (χ1v) is 6.91. The van der Waals surface area contributed by atoms with Gasteiger partial charge in [-0.25, -0.2) is 4.79 Å². The van der Waals surface area contributed by atoms with E-state index in [2.05, 4.69) is 15.1 Å². The maximum atomic E-state index is 10.7. The van der Waals surface area contributed by atoms with Gasteiger partial charge in [-0.3, -0.25) is 0 Å². The fourth-order valence-electron chi connectivity index (χ4n) is 3.69. The van der Waals surface area contributed by atoms with Gasteiger partial charge in [0.1, 0.15) is 0 Å². The van der Waals surface area contributed by atoms with E-state index >= 15 is 0 Å². The zero-order valence-corrected chi connectivity index (χ0v) is 11.1. The van der Waals surface area contributed by atoms with Crippen molar-refractivity contribution in [2.45, 2.75) is 25.7 Å². The lowest BCUT2D eigenvalue weighted by molar-refractivity contribution is 0.0689. The standard InChI is InChI=1S/C14H19N3O2/c1-17(8-11-7-9-2-3-10(11)6-9)13-5-4-12(14(18)19)15-16-13/h4-5,9-11H,2-3,6-8H2,1H3,(H,18,19). The van der Waals surface area contributed by atoms with E-state index in [4.69, 9.17) is 5.11 Å². The van der Waals surface area contributed by atoms with E-state index in [0.29, 0.717) is 0 Å². The van der Waals surface area contributed by atoms with E-state index in [0.717, 1.165) is 30.1 Å². The Labute approximate surface area is 112 Å². The smallest absolute Gasteiger partial charge is 0.356 e. The monoisotopic (exact) mass is 261 g/mol. The number of rotatable bonds is 4. The van der Waals surface area contributed by atoms with Crippen LogP contribution in [0.1, 0.15) is 36.2 Å². The van der Waals surface area contributed by atoms with Crippen molar-refractivity contribution in [3.05, 3.63) is 17.8 Å². The Morgan fingerprint density at radius 2 is 2.21 bits per heavy atom. The summed E-state index contributed by atoms with van der Waals surface area (Å²) in [5.41, 5.74) is -0.00271. The van der Waals surface area contributed by atoms with E-state index in [1.165, 1.54) is 31.7 Å². The average Bonchev–Trinajstić information content (AvgIpc) is 3.01. The van der Waals surface area contributed by atoms with Crippen LogP contribution in [0.15, 0.2) is 12.1 Å². The van der Waals surface area contributed by atoms with Gasteiger partial charge in [0.2, 0.25) is 0 Å². The Hall–Kier alpha value is -1.65. The Kier molecular flexibility index (Phi) is 3.12. The molecule has 5 heteroatoms. The number of aromatic nitrogens is 2. The van der Waals surface area contributed by atoms with Crippen LogP contribution in [0, 0.1) is 17.8 Å². The number of nitrogens with zero attached hydrogens (tertiary/aromatic N) is 3. The van der Waals surface area contributed by atoms with Gasteiger partial charge >= 0.3 is 5.97 Å². The Bertz CT molecular complexity index is 474. The summed E-state index contributed by atoms with van der Waals surface area (Å²) in [6, 6.07) is 3.26. The summed E-state index contributed by atoms with van der Waals surface area (Å²) in [5.74, 6) is 2.33. The SMILES string of the molecule is CN(CC1CC2CCC1C2)c1ccc(C(=O)O)nn1. The van der Waals surface area contributed by atoms with Gasteiger partial charge in [0.15, 0.2) is 11.5 Å². The van der Waals surface area contributed by atoms with Crippen molar-refractivity contribution in [2.24, 2.45) is 17.8 Å². The number of fused-ring (bicyclic) bond motifs is 2. The van der Waals surface area contributed by atoms with Crippen LogP contribution in [0.5, 0.6) is 0 Å². The molecular formula is C14H19N3O2. The van der Waals surface area contributed by atoms with E-state index in [-0.39, 0.29) is 5.69 Å². The number of hydrogen-bond donors (Lipinski definition) is 1. The van der Waals surface area contributed by atoms with E-state index < -0.39 is 5.97 Å². The van der Waals surface area contributed by atoms with E-state index in [1.807, 2.05) is 7.05 Å². The molecule has 0 aromatic carbocycles. The Morgan fingerprint density at radius 3 is 2.74 bits per heavy atom. The summed E-state index contributed by atoms with van der Waals surface area (Å²) in [6.45, 7) is 1.00. The molecule has 3 atom stereocenters. The number of anilines is 1. The largest absolute Gasteiger partial charge is 0.476 e. The van der Waals surface area contributed by atoms with Gasteiger partial charge in [0.05, 0.1) is 0 Å². The topological polar surface area (TPSA) is 66.3 Å². The molecule has 0 aliphatic heterocycles. The van der Waals surface area contributed by atoms with Crippen molar-refractivity contribution in [1.82, 2.24) is 10.2 Å². The minimum absolute atomic E-state index is 0.00271. The maximum Gasteiger partial charge on any atom is 0.356 e. The van der Waals surface area contributed by atoms with E-state index in [9.17, 15) is 4.79 Å². The van der Waals surface area contributed by atoms with Crippen molar-refractivity contribution in [1.29, 1.82) is 0 Å². The zero-order chi connectivity index (χ0) is 13.4. The lowest BCUT2D eigenvalue weighted by atomic mass is 9.88. The second-order valence-electron chi connectivity index (χ2n) is 5.90. The van der Waals surface area contributed by atoms with Crippen LogP contribution in [0.2, 0.25) is 0 Å². The number of carboxylic acids is 1. The van der Waals surface area contributed by atoms with Crippen molar-refractivity contribution in [3.8, 4) is 0 Å². The summed E-state index contributed by atoms with van der Waals surface area (Å²) in [6.07, 6.45) is 5.54. The summed E-state index contributed by atoms with van der Waals surface area (Å²) in [5, 5.41) is 16.5. The summed E-state index contributed by atoms with van der Waals surface area (Å²) in [4.78, 5) is 12.8. The average molecular weight is 261 g/mol. The minimum atomic E-state index is -1.03. The minimum Gasteiger partial charge on any atom is -0.476 e. The van der Waals surface area contributed by atoms with Crippen LogP contribution in [0.25, 0.3) is 0 Å². The third-order valence-electron chi connectivity index (χ3n) is 4.65. The molecule has 2 aliphatic carbocycles. The van der Waals surface area contributed by atoms with Gasteiger partial charge in [0.25, 0.3) is 0 Å². The molecule has 3 rings (SSSR count). The fraction of sp³-hybridized carbons (Fsp3) is 0.643. The normalized spacial score (nSPS) is 28.6. The van der Waals surface area contributed by atoms with Gasteiger partial charge < -0.3 is 10.0 Å². The molecule has 1 aromatic rings. The predicted molar refractivity (Wildman–Crippen MR) is 71.2 cm³/mol. The van der Waals surface area contributed by atoms with E-state index in [1.54, 1.807) is 6.07 Å². The molecule has 2 aliphatic rings. The zero-order valence-electron chi connectivity index (χ0n) is 11.1. The van der Waals surface area contributed by atoms with Gasteiger partial charge in [0, 0.05) is 13.6 Å². The molecule has 1 N–H and O–H groups in total. The van der Waals surface area contributed by atoms with Crippen LogP contribution in [0.3, 0.4) is 0 Å². The third-order valence-corrected chi connectivity index (χ3v) is 4.65. The first-order valence-electron chi connectivity index (χ1n) is 6.91. The summed E-state index contributed by atoms with van der Waals surface area (Å²) in [7, 11) is 2.01. The van der Waals surface area contributed by atoms with Crippen LogP contribution in [-0.2, 0) is 0 Å². The summed E-state index contributed by atoms with van der Waals surface area (Å²) >= 11 is 0. The maximum absolute atomic E-state index is 10.7. The fourth-order valence-corrected chi connectivity index (χ4v) is 3.69. The summed E-state index contributed by atoms with van der Waals surface area (Å²) < 4.78 is 0. The molecular weight excluding hydrogens is 242 g/mol. The second-order valence-corrected chi connectivity index (χ2v) is 5.90. The lowest BCUT2D eigenvalue weighted by Crippen LogP contribution is -2.29. The highest BCUT2D eigenvalue weighted by molar-refractivity contribution is 5.85. The molecule has 102 valence electrons. The van der Waals surface area contributed by atoms with Crippen molar-refractivity contribution in [3.63, 3.8) is 0 Å². The highest BCUT2D eigenvalue weighted by Gasteiger charge is 2.39. The van der Waals surface area contributed by atoms with Gasteiger partial charge in [-0.1, -0.05) is 6.42 Å². The molecule has 2 bridgehead atoms. The Morgan fingerprint density at radius 1 is 1.37 bits per heavy atom.